The first kappa shape index (κ1) is 14.2. The molecule has 0 aromatic heterocycles. The monoisotopic (exact) mass is 238 g/mol. The van der Waals surface area contributed by atoms with Crippen molar-refractivity contribution < 1.29 is 4.79 Å². The number of carbonyl (C=O) groups is 1. The van der Waals surface area contributed by atoms with Crippen LogP contribution in [0.15, 0.2) is 12.7 Å². The van der Waals surface area contributed by atoms with Crippen molar-refractivity contribution in [3.63, 3.8) is 0 Å². The Labute approximate surface area is 105 Å². The zero-order chi connectivity index (χ0) is 13.2. The second-order valence-corrected chi connectivity index (χ2v) is 5.94. The molecule has 0 spiro atoms. The maximum Gasteiger partial charge on any atom is 0.224 e. The highest BCUT2D eigenvalue weighted by atomic mass is 16.2. The van der Waals surface area contributed by atoms with E-state index in [9.17, 15) is 4.79 Å². The number of nitrogens with two attached hydrogens (primary N) is 1. The van der Waals surface area contributed by atoms with Gasteiger partial charge in [-0.15, -0.1) is 6.58 Å². The molecule has 0 radical (unpaired) electrons. The van der Waals surface area contributed by atoms with Gasteiger partial charge in [-0.2, -0.15) is 0 Å². The third kappa shape index (κ3) is 2.89. The van der Waals surface area contributed by atoms with Gasteiger partial charge in [-0.3, -0.25) is 4.79 Å². The van der Waals surface area contributed by atoms with E-state index in [4.69, 9.17) is 5.73 Å². The largest absolute Gasteiger partial charge is 0.350 e. The molecule has 4 unspecified atom stereocenters. The molecule has 0 bridgehead atoms. The van der Waals surface area contributed by atoms with Crippen molar-refractivity contribution in [2.24, 2.45) is 23.0 Å². The number of amides is 1. The van der Waals surface area contributed by atoms with Gasteiger partial charge >= 0.3 is 0 Å². The van der Waals surface area contributed by atoms with Crippen LogP contribution in [-0.4, -0.2) is 18.0 Å². The topological polar surface area (TPSA) is 55.1 Å². The van der Waals surface area contributed by atoms with Gasteiger partial charge in [-0.25, -0.2) is 0 Å². The summed E-state index contributed by atoms with van der Waals surface area (Å²) < 4.78 is 0. The van der Waals surface area contributed by atoms with Crippen molar-refractivity contribution in [2.45, 2.75) is 52.6 Å². The van der Waals surface area contributed by atoms with E-state index in [0.717, 1.165) is 12.8 Å². The van der Waals surface area contributed by atoms with E-state index in [2.05, 4.69) is 32.7 Å². The standard InChI is InChI=1S/C14H26N2O/c1-6-9(2)16-13(17)11-7-8-12(15)10(3)14(11,4)5/h6,9-12H,1,7-8,15H2,2-5H3,(H,16,17). The van der Waals surface area contributed by atoms with E-state index in [1.807, 2.05) is 6.92 Å². The molecule has 3 N–H and O–H groups in total. The average molecular weight is 238 g/mol. The number of nitrogens with one attached hydrogen (secondary N) is 1. The lowest BCUT2D eigenvalue weighted by Crippen LogP contribution is -2.52. The normalized spacial score (nSPS) is 33.8. The summed E-state index contributed by atoms with van der Waals surface area (Å²) >= 11 is 0. The SMILES string of the molecule is C=CC(C)NC(=O)C1CCC(N)C(C)C1(C)C. The maximum atomic E-state index is 12.2. The molecular weight excluding hydrogens is 212 g/mol. The van der Waals surface area contributed by atoms with Crippen LogP contribution < -0.4 is 11.1 Å². The lowest BCUT2D eigenvalue weighted by atomic mass is 9.61. The fraction of sp³-hybridized carbons (Fsp3) is 0.786. The zero-order valence-corrected chi connectivity index (χ0v) is 11.5. The quantitative estimate of drug-likeness (QED) is 0.740. The third-order valence-electron chi connectivity index (χ3n) is 4.54. The van der Waals surface area contributed by atoms with Crippen LogP contribution in [0.5, 0.6) is 0 Å². The molecule has 1 aliphatic rings. The van der Waals surface area contributed by atoms with Crippen LogP contribution in [0.25, 0.3) is 0 Å². The van der Waals surface area contributed by atoms with Crippen molar-refractivity contribution in [3.8, 4) is 0 Å². The summed E-state index contributed by atoms with van der Waals surface area (Å²) in [7, 11) is 0. The Morgan fingerprint density at radius 1 is 1.53 bits per heavy atom. The van der Waals surface area contributed by atoms with Crippen LogP contribution in [0, 0.1) is 17.3 Å². The van der Waals surface area contributed by atoms with Crippen LogP contribution >= 0.6 is 0 Å². The molecule has 4 atom stereocenters. The molecule has 0 aromatic rings. The summed E-state index contributed by atoms with van der Waals surface area (Å²) in [6, 6.07) is 0.245. The van der Waals surface area contributed by atoms with Crippen molar-refractivity contribution in [3.05, 3.63) is 12.7 Å². The van der Waals surface area contributed by atoms with E-state index in [0.29, 0.717) is 5.92 Å². The van der Waals surface area contributed by atoms with Gasteiger partial charge in [0.2, 0.25) is 5.91 Å². The molecule has 3 nitrogen and oxygen atoms in total. The molecule has 1 saturated carbocycles. The van der Waals surface area contributed by atoms with Crippen LogP contribution in [0.3, 0.4) is 0 Å². The van der Waals surface area contributed by atoms with Crippen molar-refractivity contribution in [1.82, 2.24) is 5.32 Å². The Morgan fingerprint density at radius 3 is 2.65 bits per heavy atom. The Balaban J connectivity index is 2.76. The molecule has 3 heteroatoms. The summed E-state index contributed by atoms with van der Waals surface area (Å²) in [4.78, 5) is 12.2. The second kappa shape index (κ2) is 5.21. The fourth-order valence-corrected chi connectivity index (χ4v) is 2.70. The third-order valence-corrected chi connectivity index (χ3v) is 4.54. The smallest absolute Gasteiger partial charge is 0.224 e. The van der Waals surface area contributed by atoms with Crippen LogP contribution in [0.1, 0.15) is 40.5 Å². The van der Waals surface area contributed by atoms with Crippen molar-refractivity contribution in [2.75, 3.05) is 0 Å². The summed E-state index contributed by atoms with van der Waals surface area (Å²) in [5, 5.41) is 2.99. The van der Waals surface area contributed by atoms with Gasteiger partial charge < -0.3 is 11.1 Å². The molecular formula is C14H26N2O. The molecule has 0 saturated heterocycles. The summed E-state index contributed by atoms with van der Waals surface area (Å²) in [6.45, 7) is 12.1. The average Bonchev–Trinajstić information content (AvgIpc) is 2.25. The van der Waals surface area contributed by atoms with E-state index < -0.39 is 0 Å². The molecule has 1 fully saturated rings. The Hall–Kier alpha value is -0.830. The molecule has 17 heavy (non-hydrogen) atoms. The molecule has 0 aliphatic heterocycles. The maximum absolute atomic E-state index is 12.2. The first-order valence-electron chi connectivity index (χ1n) is 6.49. The minimum absolute atomic E-state index is 0.0317. The first-order chi connectivity index (χ1) is 7.80. The van der Waals surface area contributed by atoms with Gasteiger partial charge in [-0.05, 0) is 31.1 Å². The molecule has 1 rings (SSSR count). The Bertz CT molecular complexity index is 299. The van der Waals surface area contributed by atoms with Gasteiger partial charge in [-0.1, -0.05) is 26.8 Å². The lowest BCUT2D eigenvalue weighted by Gasteiger charge is -2.46. The predicted molar refractivity (Wildman–Crippen MR) is 71.4 cm³/mol. The van der Waals surface area contributed by atoms with E-state index in [1.54, 1.807) is 6.08 Å². The Morgan fingerprint density at radius 2 is 2.12 bits per heavy atom. The fourth-order valence-electron chi connectivity index (χ4n) is 2.70. The van der Waals surface area contributed by atoms with Crippen LogP contribution in [-0.2, 0) is 4.79 Å². The van der Waals surface area contributed by atoms with Crippen molar-refractivity contribution in [1.29, 1.82) is 0 Å². The van der Waals surface area contributed by atoms with Gasteiger partial charge in [0, 0.05) is 18.0 Å². The summed E-state index contributed by atoms with van der Waals surface area (Å²) in [5.74, 6) is 0.562. The highest BCUT2D eigenvalue weighted by Gasteiger charge is 2.44. The first-order valence-corrected chi connectivity index (χ1v) is 6.49. The molecule has 1 aliphatic carbocycles. The molecule has 0 heterocycles. The highest BCUT2D eigenvalue weighted by Crippen LogP contribution is 2.44. The van der Waals surface area contributed by atoms with Gasteiger partial charge in [0.1, 0.15) is 0 Å². The van der Waals surface area contributed by atoms with Crippen LogP contribution in [0.2, 0.25) is 0 Å². The lowest BCUT2D eigenvalue weighted by molar-refractivity contribution is -0.132. The van der Waals surface area contributed by atoms with E-state index in [-0.39, 0.29) is 29.3 Å². The zero-order valence-electron chi connectivity index (χ0n) is 11.5. The van der Waals surface area contributed by atoms with Crippen molar-refractivity contribution >= 4 is 5.91 Å². The molecule has 1 amide bonds. The number of rotatable bonds is 3. The van der Waals surface area contributed by atoms with E-state index >= 15 is 0 Å². The Kier molecular flexibility index (Phi) is 4.36. The highest BCUT2D eigenvalue weighted by molar-refractivity contribution is 5.80. The van der Waals surface area contributed by atoms with Gasteiger partial charge in [0.05, 0.1) is 0 Å². The number of hydrogen-bond donors (Lipinski definition) is 2. The van der Waals surface area contributed by atoms with Gasteiger partial charge in [0.15, 0.2) is 0 Å². The second-order valence-electron chi connectivity index (χ2n) is 5.94. The number of hydrogen-bond acceptors (Lipinski definition) is 2. The minimum Gasteiger partial charge on any atom is -0.350 e. The van der Waals surface area contributed by atoms with Crippen LogP contribution in [0.4, 0.5) is 0 Å². The minimum atomic E-state index is -0.0390. The molecule has 0 aromatic carbocycles. The predicted octanol–water partition coefficient (Wildman–Crippen LogP) is 2.08. The van der Waals surface area contributed by atoms with Gasteiger partial charge in [0.25, 0.3) is 0 Å². The molecule has 98 valence electrons. The number of carbonyl (C=O) groups excluding carboxylic acids is 1. The van der Waals surface area contributed by atoms with E-state index in [1.165, 1.54) is 0 Å². The summed E-state index contributed by atoms with van der Waals surface area (Å²) in [6.07, 6.45) is 3.57. The summed E-state index contributed by atoms with van der Waals surface area (Å²) in [5.41, 5.74) is 6.06.